The fraction of sp³-hybridized carbons (Fsp3) is 0.559. The van der Waals surface area contributed by atoms with Crippen LogP contribution in [-0.4, -0.2) is 17.3 Å². The quantitative estimate of drug-likeness (QED) is 0.285. The lowest BCUT2D eigenvalue weighted by Gasteiger charge is -2.30. The second-order valence-corrected chi connectivity index (χ2v) is 12.4. The lowest BCUT2D eigenvalue weighted by atomic mass is 9.74. The molecule has 0 bridgehead atoms. The molecular weight excluding hydrogens is 456 g/mol. The SMILES string of the molecule is CC1=CCC(CC2CCC(C(=O)c3cc4c(cc3C)CC=C4C(=O)C(=O)C3CCC(C)CC3)CC2)C=C1. The van der Waals surface area contributed by atoms with E-state index in [4.69, 9.17) is 0 Å². The molecule has 1 unspecified atom stereocenters. The zero-order chi connectivity index (χ0) is 26.1. The molecule has 2 fully saturated rings. The molecule has 0 saturated heterocycles. The smallest absolute Gasteiger partial charge is 0.229 e. The summed E-state index contributed by atoms with van der Waals surface area (Å²) in [7, 11) is 0. The van der Waals surface area contributed by atoms with Crippen LogP contribution in [0, 0.1) is 36.5 Å². The first-order chi connectivity index (χ1) is 17.8. The van der Waals surface area contributed by atoms with Crippen LogP contribution >= 0.6 is 0 Å². The summed E-state index contributed by atoms with van der Waals surface area (Å²) in [5.74, 6) is 1.56. The predicted molar refractivity (Wildman–Crippen MR) is 149 cm³/mol. The number of carbonyl (C=O) groups excluding carboxylic acids is 3. The molecule has 0 N–H and O–H groups in total. The topological polar surface area (TPSA) is 51.2 Å². The average Bonchev–Trinajstić information content (AvgIpc) is 3.31. The first-order valence-corrected chi connectivity index (χ1v) is 14.6. The molecule has 0 radical (unpaired) electrons. The van der Waals surface area contributed by atoms with Gasteiger partial charge in [0.25, 0.3) is 0 Å². The van der Waals surface area contributed by atoms with Crippen LogP contribution < -0.4 is 0 Å². The third kappa shape index (κ3) is 5.66. The fourth-order valence-electron chi connectivity index (χ4n) is 7.09. The summed E-state index contributed by atoms with van der Waals surface area (Å²) in [4.78, 5) is 40.0. The van der Waals surface area contributed by atoms with Gasteiger partial charge in [-0.25, -0.2) is 0 Å². The van der Waals surface area contributed by atoms with Gasteiger partial charge in [0.2, 0.25) is 11.6 Å². The number of carbonyl (C=O) groups is 3. The Labute approximate surface area is 222 Å². The van der Waals surface area contributed by atoms with Crippen LogP contribution in [0.3, 0.4) is 0 Å². The van der Waals surface area contributed by atoms with Crippen molar-refractivity contribution in [2.75, 3.05) is 0 Å². The predicted octanol–water partition coefficient (Wildman–Crippen LogP) is 7.80. The molecule has 0 aliphatic heterocycles. The van der Waals surface area contributed by atoms with Gasteiger partial charge in [0.05, 0.1) is 0 Å². The Balaban J connectivity index is 1.23. The monoisotopic (exact) mass is 498 g/mol. The molecule has 37 heavy (non-hydrogen) atoms. The molecule has 3 nitrogen and oxygen atoms in total. The largest absolute Gasteiger partial charge is 0.294 e. The molecule has 0 aromatic heterocycles. The van der Waals surface area contributed by atoms with E-state index in [9.17, 15) is 14.4 Å². The van der Waals surface area contributed by atoms with E-state index in [-0.39, 0.29) is 29.2 Å². The summed E-state index contributed by atoms with van der Waals surface area (Å²) in [5.41, 5.74) is 5.52. The van der Waals surface area contributed by atoms with E-state index in [0.29, 0.717) is 29.7 Å². The highest BCUT2D eigenvalue weighted by atomic mass is 16.2. The van der Waals surface area contributed by atoms with Crippen molar-refractivity contribution >= 4 is 22.9 Å². The van der Waals surface area contributed by atoms with E-state index >= 15 is 0 Å². The van der Waals surface area contributed by atoms with Gasteiger partial charge in [-0.1, -0.05) is 55.7 Å². The molecular formula is C34H42O3. The van der Waals surface area contributed by atoms with Crippen molar-refractivity contribution in [2.45, 2.75) is 91.4 Å². The molecule has 196 valence electrons. The molecule has 3 heteroatoms. The summed E-state index contributed by atoms with van der Waals surface area (Å²) >= 11 is 0. The molecule has 0 amide bonds. The van der Waals surface area contributed by atoms with Gasteiger partial charge in [0, 0.05) is 23.0 Å². The lowest BCUT2D eigenvalue weighted by molar-refractivity contribution is -0.136. The van der Waals surface area contributed by atoms with Crippen LogP contribution in [0.2, 0.25) is 0 Å². The second-order valence-electron chi connectivity index (χ2n) is 12.4. The van der Waals surface area contributed by atoms with Gasteiger partial charge >= 0.3 is 0 Å². The molecule has 0 spiro atoms. The van der Waals surface area contributed by atoms with Crippen LogP contribution in [0.4, 0.5) is 0 Å². The van der Waals surface area contributed by atoms with Gasteiger partial charge < -0.3 is 0 Å². The standard InChI is InChI=1S/C34H42O3/c1-21-4-8-24(9-5-21)19-25-10-14-26(15-11-25)32(35)30-20-31-28(18-23(30)3)16-17-29(31)34(37)33(36)27-12-6-22(2)7-13-27/h4-5,8,17-18,20,22,24-27H,6-7,9-16,19H2,1-3H3. The number of fused-ring (bicyclic) bond motifs is 1. The van der Waals surface area contributed by atoms with E-state index in [1.165, 1.54) is 12.0 Å². The van der Waals surface area contributed by atoms with Crippen LogP contribution in [0.25, 0.3) is 5.57 Å². The highest BCUT2D eigenvalue weighted by molar-refractivity contribution is 6.54. The molecule has 1 aromatic carbocycles. The zero-order valence-corrected chi connectivity index (χ0v) is 22.9. The molecule has 0 heterocycles. The first-order valence-electron chi connectivity index (χ1n) is 14.6. The summed E-state index contributed by atoms with van der Waals surface area (Å²) in [5, 5.41) is 0. The Bertz CT molecular complexity index is 1160. The van der Waals surface area contributed by atoms with Gasteiger partial charge in [0.1, 0.15) is 0 Å². The maximum atomic E-state index is 13.7. The number of rotatable bonds is 7. The Morgan fingerprint density at radius 1 is 0.865 bits per heavy atom. The van der Waals surface area contributed by atoms with Crippen molar-refractivity contribution in [1.82, 2.24) is 0 Å². The Morgan fingerprint density at radius 2 is 1.57 bits per heavy atom. The van der Waals surface area contributed by atoms with Crippen LogP contribution in [-0.2, 0) is 16.0 Å². The van der Waals surface area contributed by atoms with Crippen molar-refractivity contribution < 1.29 is 14.4 Å². The van der Waals surface area contributed by atoms with Gasteiger partial charge in [-0.05, 0) is 112 Å². The second kappa shape index (κ2) is 11.1. The Morgan fingerprint density at radius 3 is 2.24 bits per heavy atom. The fourth-order valence-corrected chi connectivity index (χ4v) is 7.09. The maximum absolute atomic E-state index is 13.7. The number of hydrogen-bond donors (Lipinski definition) is 0. The van der Waals surface area contributed by atoms with E-state index < -0.39 is 0 Å². The van der Waals surface area contributed by atoms with Crippen LogP contribution in [0.15, 0.2) is 42.0 Å². The summed E-state index contributed by atoms with van der Waals surface area (Å²) in [6, 6.07) is 4.01. The lowest BCUT2D eigenvalue weighted by Crippen LogP contribution is -2.28. The molecule has 2 saturated carbocycles. The summed E-state index contributed by atoms with van der Waals surface area (Å²) in [6.07, 6.45) is 19.7. The minimum absolute atomic E-state index is 0.0624. The summed E-state index contributed by atoms with van der Waals surface area (Å²) in [6.45, 7) is 6.39. The third-order valence-corrected chi connectivity index (χ3v) is 9.61. The third-order valence-electron chi connectivity index (χ3n) is 9.61. The van der Waals surface area contributed by atoms with Crippen LogP contribution in [0.1, 0.15) is 105 Å². The Hall–Kier alpha value is -2.55. The van der Waals surface area contributed by atoms with Crippen molar-refractivity contribution in [2.24, 2.45) is 29.6 Å². The van der Waals surface area contributed by atoms with Crippen molar-refractivity contribution in [3.8, 4) is 0 Å². The average molecular weight is 499 g/mol. The minimum atomic E-state index is -0.345. The molecule has 1 aromatic rings. The van der Waals surface area contributed by atoms with Crippen molar-refractivity contribution in [1.29, 1.82) is 0 Å². The van der Waals surface area contributed by atoms with Crippen LogP contribution in [0.5, 0.6) is 0 Å². The summed E-state index contributed by atoms with van der Waals surface area (Å²) < 4.78 is 0. The van der Waals surface area contributed by atoms with E-state index in [1.54, 1.807) is 0 Å². The molecule has 1 atom stereocenters. The van der Waals surface area contributed by atoms with Gasteiger partial charge in [0.15, 0.2) is 5.78 Å². The first kappa shape index (κ1) is 26.1. The normalized spacial score (nSPS) is 29.3. The highest BCUT2D eigenvalue weighted by Gasteiger charge is 2.34. The Kier molecular flexibility index (Phi) is 7.79. The number of hydrogen-bond acceptors (Lipinski definition) is 3. The number of ketones is 3. The number of allylic oxidation sites excluding steroid dienone is 6. The van der Waals surface area contributed by atoms with Gasteiger partial charge in [-0.15, -0.1) is 0 Å². The van der Waals surface area contributed by atoms with Gasteiger partial charge in [-0.3, -0.25) is 14.4 Å². The van der Waals surface area contributed by atoms with Crippen molar-refractivity contribution in [3.63, 3.8) is 0 Å². The number of aryl methyl sites for hydroxylation is 1. The van der Waals surface area contributed by atoms with Gasteiger partial charge in [-0.2, -0.15) is 0 Å². The highest BCUT2D eigenvalue weighted by Crippen LogP contribution is 2.39. The molecule has 4 aliphatic carbocycles. The van der Waals surface area contributed by atoms with E-state index in [0.717, 1.165) is 80.0 Å². The van der Waals surface area contributed by atoms with E-state index in [1.807, 2.05) is 19.1 Å². The maximum Gasteiger partial charge on any atom is 0.229 e. The number of Topliss-reactive ketones (excluding diaryl/α,β-unsaturated/α-hetero) is 3. The zero-order valence-electron chi connectivity index (χ0n) is 22.9. The molecule has 5 rings (SSSR count). The minimum Gasteiger partial charge on any atom is -0.294 e. The van der Waals surface area contributed by atoms with Crippen molar-refractivity contribution in [3.05, 3.63) is 64.3 Å². The van der Waals surface area contributed by atoms with E-state index in [2.05, 4.69) is 38.1 Å². The number of benzene rings is 1. The molecule has 4 aliphatic rings.